The molecule has 0 spiro atoms. The quantitative estimate of drug-likeness (QED) is 0.322. The zero-order valence-corrected chi connectivity index (χ0v) is 31.4. The van der Waals surface area contributed by atoms with Crippen molar-refractivity contribution in [3.05, 3.63) is 67.8 Å². The maximum Gasteiger partial charge on any atom is 0.341 e. The molecule has 15 heteroatoms. The third-order valence-electron chi connectivity index (χ3n) is 11.8. The van der Waals surface area contributed by atoms with Crippen molar-refractivity contribution < 1.29 is 36.3 Å². The first-order chi connectivity index (χ1) is 25.4. The van der Waals surface area contributed by atoms with E-state index in [1.807, 2.05) is 13.8 Å². The molecule has 2 bridgehead atoms. The molecule has 1 N–H and O–H groups in total. The number of hydrogen-bond acceptors (Lipinski definition) is 10. The molecule has 1 atom stereocenters. The van der Waals surface area contributed by atoms with E-state index in [0.29, 0.717) is 37.0 Å². The van der Waals surface area contributed by atoms with Crippen LogP contribution in [0.3, 0.4) is 0 Å². The van der Waals surface area contributed by atoms with E-state index >= 15 is 4.39 Å². The van der Waals surface area contributed by atoms with Crippen molar-refractivity contribution in [2.45, 2.75) is 89.6 Å². The number of anilines is 1. The number of aryl methyl sites for hydroxylation is 2. The van der Waals surface area contributed by atoms with Gasteiger partial charge in [-0.2, -0.15) is 12.7 Å². The van der Waals surface area contributed by atoms with Gasteiger partial charge in [-0.25, -0.2) is 13.9 Å². The number of halogens is 1. The summed E-state index contributed by atoms with van der Waals surface area (Å²) in [6.07, 6.45) is 4.27. The van der Waals surface area contributed by atoms with Gasteiger partial charge in [-0.1, -0.05) is 0 Å². The second-order valence-electron chi connectivity index (χ2n) is 15.3. The van der Waals surface area contributed by atoms with Crippen LogP contribution in [0.5, 0.6) is 5.75 Å². The molecule has 1 aliphatic carbocycles. The lowest BCUT2D eigenvalue weighted by Gasteiger charge is -2.41. The van der Waals surface area contributed by atoms with Crippen molar-refractivity contribution in [2.75, 3.05) is 51.8 Å². The van der Waals surface area contributed by atoms with Gasteiger partial charge in [0.25, 0.3) is 11.8 Å². The minimum Gasteiger partial charge on any atom is -0.486 e. The van der Waals surface area contributed by atoms with Crippen LogP contribution >= 0.6 is 0 Å². The highest BCUT2D eigenvalue weighted by Crippen LogP contribution is 2.40. The molecule has 3 saturated heterocycles. The SMILES string of the molecule is COCC1CN(c2cc(C)c3c4c(c(=O)oc3c2C)CN(C(=O)c2ccc(C(=O)NS(=O)(=O)N3C5CCC3CC5)c(OC3CC3)c2F)CC4)CCN1C. The average Bonchev–Trinajstić information content (AvgIpc) is 3.72. The summed E-state index contributed by atoms with van der Waals surface area (Å²) in [5.41, 5.74) is 3.38. The first-order valence-electron chi connectivity index (χ1n) is 18.5. The predicted molar refractivity (Wildman–Crippen MR) is 195 cm³/mol. The highest BCUT2D eigenvalue weighted by Gasteiger charge is 2.47. The Hall–Kier alpha value is -4.05. The largest absolute Gasteiger partial charge is 0.486 e. The number of methoxy groups -OCH3 is 1. The first kappa shape index (κ1) is 36.0. The Morgan fingerprint density at radius 1 is 1.00 bits per heavy atom. The predicted octanol–water partition coefficient (Wildman–Crippen LogP) is 3.66. The van der Waals surface area contributed by atoms with Crippen molar-refractivity contribution >= 4 is 38.7 Å². The number of piperazine rings is 1. The Labute approximate surface area is 308 Å². The number of likely N-dealkylation sites (N-methyl/N-ethyl adjacent to an activating group) is 1. The summed E-state index contributed by atoms with van der Waals surface area (Å²) < 4.78 is 63.5. The van der Waals surface area contributed by atoms with Crippen LogP contribution in [0.15, 0.2) is 27.4 Å². The molecule has 1 aromatic heterocycles. The van der Waals surface area contributed by atoms with Gasteiger partial charge in [0.05, 0.1) is 42.0 Å². The van der Waals surface area contributed by atoms with Gasteiger partial charge in [0.15, 0.2) is 11.6 Å². The summed E-state index contributed by atoms with van der Waals surface area (Å²) in [6.45, 7) is 7.18. The van der Waals surface area contributed by atoms with E-state index in [-0.39, 0.29) is 48.4 Å². The standard InChI is InChI=1S/C38H46FN5O8S/c1-21-17-31(42-16-15-41(3)25(18-42)20-50-4)22(2)34-32(21)27-13-14-43(19-30(27)38(47)52-34)37(46)28-11-12-29(35(33(28)39)51-26-9-10-26)36(45)40-53(48,49)44-23-5-6-24(44)8-7-23/h11-12,17,23-26H,5-10,13-16,18-20H2,1-4H3,(H,40,45). The van der Waals surface area contributed by atoms with Gasteiger partial charge in [-0.15, -0.1) is 0 Å². The normalized spacial score (nSPS) is 23.5. The van der Waals surface area contributed by atoms with Crippen LogP contribution in [-0.2, 0) is 27.9 Å². The topological polar surface area (TPSA) is 142 Å². The average molecular weight is 752 g/mol. The van der Waals surface area contributed by atoms with E-state index in [1.165, 1.54) is 21.3 Å². The highest BCUT2D eigenvalue weighted by atomic mass is 32.2. The van der Waals surface area contributed by atoms with Crippen molar-refractivity contribution in [1.82, 2.24) is 18.8 Å². The minimum atomic E-state index is -4.16. The smallest absolute Gasteiger partial charge is 0.341 e. The molecule has 8 rings (SSSR count). The molecular formula is C38H46FN5O8S. The number of rotatable bonds is 9. The monoisotopic (exact) mass is 751 g/mol. The van der Waals surface area contributed by atoms with Crippen LogP contribution in [0.25, 0.3) is 11.0 Å². The minimum absolute atomic E-state index is 0.0826. The lowest BCUT2D eigenvalue weighted by molar-refractivity contribution is 0.0726. The molecule has 284 valence electrons. The van der Waals surface area contributed by atoms with E-state index in [4.69, 9.17) is 13.9 Å². The molecule has 5 heterocycles. The summed E-state index contributed by atoms with van der Waals surface area (Å²) >= 11 is 0. The molecule has 13 nitrogen and oxygen atoms in total. The summed E-state index contributed by atoms with van der Waals surface area (Å²) in [5, 5.41) is 0.856. The van der Waals surface area contributed by atoms with Crippen molar-refractivity contribution in [1.29, 1.82) is 0 Å². The van der Waals surface area contributed by atoms with E-state index in [1.54, 1.807) is 7.11 Å². The van der Waals surface area contributed by atoms with Crippen LogP contribution in [-0.4, -0.2) is 106 Å². The van der Waals surface area contributed by atoms with Crippen LogP contribution in [0, 0.1) is 19.7 Å². The van der Waals surface area contributed by atoms with Crippen molar-refractivity contribution in [3.8, 4) is 5.75 Å². The molecule has 5 aliphatic rings. The van der Waals surface area contributed by atoms with E-state index < -0.39 is 39.2 Å². The number of carbonyl (C=O) groups is 2. The Balaban J connectivity index is 1.06. The fourth-order valence-corrected chi connectivity index (χ4v) is 10.5. The van der Waals surface area contributed by atoms with E-state index in [2.05, 4.69) is 27.6 Å². The Bertz CT molecular complexity index is 2150. The third-order valence-corrected chi connectivity index (χ3v) is 13.4. The lowest BCUT2D eigenvalue weighted by Crippen LogP contribution is -2.53. The van der Waals surface area contributed by atoms with Gasteiger partial charge in [0.1, 0.15) is 5.58 Å². The number of nitrogens with one attached hydrogen (secondary N) is 1. The van der Waals surface area contributed by atoms with Crippen LogP contribution in [0.2, 0.25) is 0 Å². The molecule has 3 aromatic rings. The maximum absolute atomic E-state index is 16.3. The van der Waals surface area contributed by atoms with Gasteiger partial charge < -0.3 is 23.7 Å². The molecule has 0 radical (unpaired) electrons. The molecule has 1 unspecified atom stereocenters. The molecule has 2 amide bonds. The first-order valence-corrected chi connectivity index (χ1v) is 20.0. The lowest BCUT2D eigenvalue weighted by atomic mass is 9.92. The number of benzene rings is 2. The molecule has 53 heavy (non-hydrogen) atoms. The van der Waals surface area contributed by atoms with Crippen LogP contribution in [0.4, 0.5) is 10.1 Å². The van der Waals surface area contributed by atoms with Gasteiger partial charge in [0, 0.05) is 62.0 Å². The van der Waals surface area contributed by atoms with Crippen LogP contribution < -0.4 is 20.0 Å². The van der Waals surface area contributed by atoms with Gasteiger partial charge in [-0.05, 0) is 95.2 Å². The van der Waals surface area contributed by atoms with Gasteiger partial charge in [0.2, 0.25) is 0 Å². The number of hydrogen-bond donors (Lipinski definition) is 1. The number of fused-ring (bicyclic) bond motifs is 5. The third kappa shape index (κ3) is 6.38. The Kier molecular flexibility index (Phi) is 9.27. The van der Waals surface area contributed by atoms with E-state index in [9.17, 15) is 22.8 Å². The number of amides is 2. The summed E-state index contributed by atoms with van der Waals surface area (Å²) in [6, 6.07) is 4.48. The van der Waals surface area contributed by atoms with Gasteiger partial charge in [-0.3, -0.25) is 14.5 Å². The molecular weight excluding hydrogens is 706 g/mol. The highest BCUT2D eigenvalue weighted by molar-refractivity contribution is 7.87. The second kappa shape index (κ2) is 13.7. The fourth-order valence-electron chi connectivity index (χ4n) is 8.81. The second-order valence-corrected chi connectivity index (χ2v) is 16.8. The molecule has 4 fully saturated rings. The zero-order valence-electron chi connectivity index (χ0n) is 30.6. The Morgan fingerprint density at radius 3 is 2.38 bits per heavy atom. The van der Waals surface area contributed by atoms with Gasteiger partial charge >= 0.3 is 15.8 Å². The summed E-state index contributed by atoms with van der Waals surface area (Å²) in [5.74, 6) is -3.18. The van der Waals surface area contributed by atoms with E-state index in [0.717, 1.165) is 73.1 Å². The summed E-state index contributed by atoms with van der Waals surface area (Å²) in [4.78, 5) is 46.9. The van der Waals surface area contributed by atoms with Crippen molar-refractivity contribution in [3.63, 3.8) is 0 Å². The van der Waals surface area contributed by atoms with Crippen LogP contribution in [0.1, 0.15) is 81.5 Å². The number of ether oxygens (including phenoxy) is 2. The molecule has 4 aliphatic heterocycles. The maximum atomic E-state index is 16.3. The molecule has 1 saturated carbocycles. The Morgan fingerprint density at radius 2 is 1.70 bits per heavy atom. The summed E-state index contributed by atoms with van der Waals surface area (Å²) in [7, 11) is -0.370. The zero-order chi connectivity index (χ0) is 37.3. The molecule has 2 aromatic carbocycles. The number of carbonyl (C=O) groups excluding carboxylic acids is 2. The van der Waals surface area contributed by atoms with Crippen molar-refractivity contribution in [2.24, 2.45) is 0 Å². The fraction of sp³-hybridized carbons (Fsp3) is 0.553. The number of nitrogens with zero attached hydrogens (tertiary/aromatic N) is 4.